The Balaban J connectivity index is 0.00000169. The van der Waals surface area contributed by atoms with E-state index in [0.717, 1.165) is 23.3 Å². The van der Waals surface area contributed by atoms with E-state index in [1.807, 2.05) is 35.2 Å². The number of rotatable bonds is 3. The molecule has 0 aliphatic carbocycles. The predicted octanol–water partition coefficient (Wildman–Crippen LogP) is 3.77. The second-order valence-corrected chi connectivity index (χ2v) is 5.84. The molecule has 26 heavy (non-hydrogen) atoms. The molecule has 0 unspecified atom stereocenters. The summed E-state index contributed by atoms with van der Waals surface area (Å²) in [6, 6.07) is 14.7. The smallest absolute Gasteiger partial charge is 0.412 e. The van der Waals surface area contributed by atoms with Crippen LogP contribution in [-0.2, 0) is 17.5 Å². The molecule has 2 aromatic rings. The normalized spacial score (nSPS) is 14.9. The van der Waals surface area contributed by atoms with Gasteiger partial charge in [0.15, 0.2) is 5.78 Å². The molecule has 140 valence electrons. The van der Waals surface area contributed by atoms with Crippen molar-refractivity contribution in [1.82, 2.24) is 4.90 Å². The summed E-state index contributed by atoms with van der Waals surface area (Å²) in [5, 5.41) is 0. The number of halogens is 4. The Morgan fingerprint density at radius 2 is 1.54 bits per heavy atom. The lowest BCUT2D eigenvalue weighted by Crippen LogP contribution is -2.34. The Bertz CT molecular complexity index is 759. The van der Waals surface area contributed by atoms with Gasteiger partial charge in [0, 0.05) is 13.1 Å². The van der Waals surface area contributed by atoms with Gasteiger partial charge >= 0.3 is 6.18 Å². The van der Waals surface area contributed by atoms with E-state index in [4.69, 9.17) is 0 Å². The van der Waals surface area contributed by atoms with Gasteiger partial charge in [-0.15, -0.1) is 12.4 Å². The fraction of sp³-hybridized carbons (Fsp3) is 0.211. The van der Waals surface area contributed by atoms with Gasteiger partial charge in [0.05, 0.1) is 12.1 Å². The number of hydrogen-bond acceptors (Lipinski definition) is 2. The summed E-state index contributed by atoms with van der Waals surface area (Å²) < 4.78 is 38.0. The minimum absolute atomic E-state index is 0. The molecule has 1 aliphatic heterocycles. The first-order chi connectivity index (χ1) is 11.4. The largest absolute Gasteiger partial charge is 0.416 e. The average molecular weight is 386 g/mol. The van der Waals surface area contributed by atoms with E-state index in [1.165, 1.54) is 18.2 Å². The van der Waals surface area contributed by atoms with Crippen LogP contribution in [0.4, 0.5) is 13.2 Å². The van der Waals surface area contributed by atoms with Gasteiger partial charge in [0.1, 0.15) is 0 Å². The van der Waals surface area contributed by atoms with Crippen LogP contribution in [0.2, 0.25) is 0 Å². The van der Waals surface area contributed by atoms with E-state index in [-0.39, 0.29) is 23.7 Å². The van der Waals surface area contributed by atoms with Crippen LogP contribution in [0.25, 0.3) is 5.57 Å². The van der Waals surface area contributed by atoms with Crippen molar-refractivity contribution >= 4 is 23.8 Å². The number of benzene rings is 2. The van der Waals surface area contributed by atoms with Crippen LogP contribution in [0.3, 0.4) is 0 Å². The lowest BCUT2D eigenvalue weighted by molar-refractivity contribution is -0.137. The van der Waals surface area contributed by atoms with E-state index >= 15 is 0 Å². The van der Waals surface area contributed by atoms with Crippen LogP contribution < -0.4 is 0 Å². The van der Waals surface area contributed by atoms with Crippen LogP contribution in [-0.4, -0.2) is 29.2 Å². The molecule has 2 N–H and O–H groups in total. The quantitative estimate of drug-likeness (QED) is 0.807. The fourth-order valence-electron chi connectivity index (χ4n) is 2.80. The summed E-state index contributed by atoms with van der Waals surface area (Å²) in [6.45, 7) is 1.48. The van der Waals surface area contributed by atoms with Gasteiger partial charge in [0.25, 0.3) is 0 Å². The van der Waals surface area contributed by atoms with E-state index < -0.39 is 11.7 Å². The molecule has 0 amide bonds. The third-order valence-corrected chi connectivity index (χ3v) is 3.94. The molecular formula is C19H19ClF3NO2. The highest BCUT2D eigenvalue weighted by atomic mass is 35.5. The molecule has 2 aromatic carbocycles. The molecular weight excluding hydrogens is 367 g/mol. The van der Waals surface area contributed by atoms with Crippen LogP contribution in [0.5, 0.6) is 0 Å². The molecule has 1 aliphatic rings. The van der Waals surface area contributed by atoms with E-state index in [9.17, 15) is 18.0 Å². The number of ketones is 1. The molecule has 0 saturated heterocycles. The van der Waals surface area contributed by atoms with Gasteiger partial charge in [-0.25, -0.2) is 0 Å². The average Bonchev–Trinajstić information content (AvgIpc) is 2.54. The maximum Gasteiger partial charge on any atom is 0.416 e. The van der Waals surface area contributed by atoms with Crippen molar-refractivity contribution in [2.24, 2.45) is 0 Å². The maximum atomic E-state index is 12.7. The van der Waals surface area contributed by atoms with Crippen molar-refractivity contribution in [2.75, 3.05) is 13.1 Å². The highest BCUT2D eigenvalue weighted by molar-refractivity contribution is 6.00. The molecule has 0 spiro atoms. The lowest BCUT2D eigenvalue weighted by atomic mass is 9.99. The van der Waals surface area contributed by atoms with Crippen molar-refractivity contribution in [1.29, 1.82) is 0 Å². The van der Waals surface area contributed by atoms with Crippen molar-refractivity contribution < 1.29 is 23.4 Å². The molecule has 3 nitrogen and oxygen atoms in total. The Hall–Kier alpha value is -2.15. The zero-order valence-electron chi connectivity index (χ0n) is 13.8. The summed E-state index contributed by atoms with van der Waals surface area (Å²) in [5.74, 6) is -0.0351. The van der Waals surface area contributed by atoms with Crippen LogP contribution in [0.1, 0.15) is 16.7 Å². The number of hydrogen-bond donors (Lipinski definition) is 0. The van der Waals surface area contributed by atoms with Gasteiger partial charge in [-0.3, -0.25) is 9.69 Å². The summed E-state index contributed by atoms with van der Waals surface area (Å²) in [4.78, 5) is 14.0. The molecule has 0 fully saturated rings. The minimum Gasteiger partial charge on any atom is -0.412 e. The summed E-state index contributed by atoms with van der Waals surface area (Å²) in [5.41, 5.74) is 1.80. The zero-order chi connectivity index (χ0) is 17.2. The molecule has 0 saturated carbocycles. The zero-order valence-corrected chi connectivity index (χ0v) is 14.6. The van der Waals surface area contributed by atoms with Gasteiger partial charge in [-0.1, -0.05) is 42.5 Å². The Morgan fingerprint density at radius 1 is 0.923 bits per heavy atom. The summed E-state index contributed by atoms with van der Waals surface area (Å²) >= 11 is 0. The first-order valence-electron chi connectivity index (χ1n) is 7.59. The molecule has 0 aromatic heterocycles. The van der Waals surface area contributed by atoms with Crippen molar-refractivity contribution in [2.45, 2.75) is 12.7 Å². The number of carbonyl (C=O) groups excluding carboxylic acids is 1. The second kappa shape index (κ2) is 8.98. The highest BCUT2D eigenvalue weighted by Crippen LogP contribution is 2.30. The number of alkyl halides is 3. The number of nitrogens with zero attached hydrogens (tertiary/aromatic N) is 1. The first kappa shape index (κ1) is 21.9. The van der Waals surface area contributed by atoms with Gasteiger partial charge < -0.3 is 5.48 Å². The Kier molecular flexibility index (Phi) is 7.56. The Morgan fingerprint density at radius 3 is 2.12 bits per heavy atom. The Labute approximate surface area is 155 Å². The van der Waals surface area contributed by atoms with E-state index in [0.29, 0.717) is 25.2 Å². The highest BCUT2D eigenvalue weighted by Gasteiger charge is 2.30. The van der Waals surface area contributed by atoms with Crippen molar-refractivity contribution in [3.63, 3.8) is 0 Å². The standard InChI is InChI=1S/C19H16F3NO.ClH.H2O/c20-19(21,22)17-8-6-15(7-9-17)16-10-18(24)13-23(12-16)11-14-4-2-1-3-5-14;;/h1-10H,11-13H2;1H;1H2. The minimum atomic E-state index is -4.35. The maximum absolute atomic E-state index is 12.7. The predicted molar refractivity (Wildman–Crippen MR) is 97.0 cm³/mol. The molecule has 1 heterocycles. The third-order valence-electron chi connectivity index (χ3n) is 3.94. The topological polar surface area (TPSA) is 51.8 Å². The molecule has 0 atom stereocenters. The summed E-state index contributed by atoms with van der Waals surface area (Å²) in [7, 11) is 0. The first-order valence-corrected chi connectivity index (χ1v) is 7.59. The SMILES string of the molecule is Cl.O.O=C1C=C(c2ccc(C(F)(F)F)cc2)CN(Cc2ccccc2)C1. The monoisotopic (exact) mass is 385 g/mol. The van der Waals surface area contributed by atoms with Crippen molar-refractivity contribution in [3.05, 3.63) is 77.4 Å². The molecule has 3 rings (SSSR count). The molecule has 7 heteroatoms. The van der Waals surface area contributed by atoms with Crippen LogP contribution >= 0.6 is 12.4 Å². The van der Waals surface area contributed by atoms with Gasteiger partial charge in [-0.2, -0.15) is 13.2 Å². The molecule has 0 radical (unpaired) electrons. The summed E-state index contributed by atoms with van der Waals surface area (Å²) in [6.07, 6.45) is -2.82. The van der Waals surface area contributed by atoms with Crippen LogP contribution in [0, 0.1) is 0 Å². The van der Waals surface area contributed by atoms with Crippen molar-refractivity contribution in [3.8, 4) is 0 Å². The lowest BCUT2D eigenvalue weighted by Gasteiger charge is -2.26. The molecule has 0 bridgehead atoms. The fourth-order valence-corrected chi connectivity index (χ4v) is 2.80. The second-order valence-electron chi connectivity index (χ2n) is 5.84. The van der Waals surface area contributed by atoms with E-state index in [1.54, 1.807) is 0 Å². The third kappa shape index (κ3) is 5.42. The number of carbonyl (C=O) groups is 1. The van der Waals surface area contributed by atoms with E-state index in [2.05, 4.69) is 0 Å². The van der Waals surface area contributed by atoms with Crippen LogP contribution in [0.15, 0.2) is 60.7 Å². The van der Waals surface area contributed by atoms with Gasteiger partial charge in [0.2, 0.25) is 0 Å². The van der Waals surface area contributed by atoms with Gasteiger partial charge in [-0.05, 0) is 34.9 Å².